The molecule has 0 aliphatic carbocycles. The average Bonchev–Trinajstić information content (AvgIpc) is 3.33. The molecule has 0 unspecified atom stereocenters. The standard InChI is InChI=1S/C20H25N3O2S/c1-22-7-6-16-13-15(4-5-17(16)22)18(23-8-10-25-11-9-23)14-21-20(24)19-3-2-12-26-19/h2-5,12-13,18H,6-11,14H2,1H3,(H,21,24)/t18-/m0/s1. The van der Waals surface area contributed by atoms with Crippen LogP contribution in [0.3, 0.4) is 0 Å². The minimum Gasteiger partial charge on any atom is -0.379 e. The van der Waals surface area contributed by atoms with E-state index in [1.165, 1.54) is 28.2 Å². The summed E-state index contributed by atoms with van der Waals surface area (Å²) in [5.41, 5.74) is 4.03. The maximum atomic E-state index is 12.4. The van der Waals surface area contributed by atoms with Gasteiger partial charge in [0.2, 0.25) is 0 Å². The number of rotatable bonds is 5. The largest absolute Gasteiger partial charge is 0.379 e. The number of carbonyl (C=O) groups is 1. The van der Waals surface area contributed by atoms with Gasteiger partial charge in [0, 0.05) is 38.9 Å². The summed E-state index contributed by atoms with van der Waals surface area (Å²) >= 11 is 1.48. The number of anilines is 1. The predicted molar refractivity (Wildman–Crippen MR) is 105 cm³/mol. The van der Waals surface area contributed by atoms with Gasteiger partial charge in [0.1, 0.15) is 0 Å². The predicted octanol–water partition coefficient (Wildman–Crippen LogP) is 2.54. The Labute approximate surface area is 158 Å². The van der Waals surface area contributed by atoms with E-state index in [0.717, 1.165) is 44.1 Å². The number of ether oxygens (including phenoxy) is 1. The Balaban J connectivity index is 1.54. The average molecular weight is 372 g/mol. The molecule has 0 radical (unpaired) electrons. The highest BCUT2D eigenvalue weighted by molar-refractivity contribution is 7.12. The first-order chi connectivity index (χ1) is 12.7. The monoisotopic (exact) mass is 371 g/mol. The van der Waals surface area contributed by atoms with Crippen LogP contribution < -0.4 is 10.2 Å². The molecular formula is C20H25N3O2S. The summed E-state index contributed by atoms with van der Waals surface area (Å²) in [6.07, 6.45) is 1.09. The highest BCUT2D eigenvalue weighted by Gasteiger charge is 2.25. The number of carbonyl (C=O) groups excluding carboxylic acids is 1. The summed E-state index contributed by atoms with van der Waals surface area (Å²) < 4.78 is 5.52. The van der Waals surface area contributed by atoms with Gasteiger partial charge in [-0.05, 0) is 35.1 Å². The normalized spacial score (nSPS) is 18.6. The first kappa shape index (κ1) is 17.5. The van der Waals surface area contributed by atoms with E-state index in [4.69, 9.17) is 4.74 Å². The van der Waals surface area contributed by atoms with E-state index >= 15 is 0 Å². The van der Waals surface area contributed by atoms with E-state index in [9.17, 15) is 4.79 Å². The Kier molecular flexibility index (Phi) is 5.24. The fourth-order valence-electron chi connectivity index (χ4n) is 3.83. The zero-order valence-corrected chi connectivity index (χ0v) is 15.9. The Hall–Kier alpha value is -1.89. The first-order valence-corrected chi connectivity index (χ1v) is 10.1. The van der Waals surface area contributed by atoms with Crippen LogP contribution >= 0.6 is 11.3 Å². The number of morpholine rings is 1. The molecule has 1 atom stereocenters. The van der Waals surface area contributed by atoms with Crippen molar-refractivity contribution in [1.82, 2.24) is 10.2 Å². The van der Waals surface area contributed by atoms with Gasteiger partial charge >= 0.3 is 0 Å². The third-order valence-electron chi connectivity index (χ3n) is 5.30. The SMILES string of the molecule is CN1CCc2cc([C@H](CNC(=O)c3cccs3)N3CCOCC3)ccc21. The summed E-state index contributed by atoms with van der Waals surface area (Å²) in [6.45, 7) is 5.00. The molecule has 5 nitrogen and oxygen atoms in total. The number of likely N-dealkylation sites (N-methyl/N-ethyl adjacent to an activating group) is 1. The number of fused-ring (bicyclic) bond motifs is 1. The second-order valence-corrected chi connectivity index (χ2v) is 7.86. The van der Waals surface area contributed by atoms with Crippen LogP contribution in [-0.2, 0) is 11.2 Å². The summed E-state index contributed by atoms with van der Waals surface area (Å²) in [5, 5.41) is 5.07. The second kappa shape index (κ2) is 7.78. The molecule has 2 aliphatic heterocycles. The molecule has 4 rings (SSSR count). The first-order valence-electron chi connectivity index (χ1n) is 9.20. The number of thiophene rings is 1. The zero-order chi connectivity index (χ0) is 17.9. The van der Waals surface area contributed by atoms with Gasteiger partial charge < -0.3 is 15.0 Å². The second-order valence-electron chi connectivity index (χ2n) is 6.91. The van der Waals surface area contributed by atoms with Crippen molar-refractivity contribution in [3.8, 4) is 0 Å². The Bertz CT molecular complexity index is 756. The minimum atomic E-state index is 0.0131. The maximum absolute atomic E-state index is 12.4. The van der Waals surface area contributed by atoms with Crippen LogP contribution in [0.2, 0.25) is 0 Å². The van der Waals surface area contributed by atoms with E-state index in [2.05, 4.69) is 40.4 Å². The van der Waals surface area contributed by atoms with Gasteiger partial charge in [0.25, 0.3) is 5.91 Å². The van der Waals surface area contributed by atoms with Gasteiger partial charge in [0.05, 0.1) is 24.1 Å². The van der Waals surface area contributed by atoms with E-state index in [0.29, 0.717) is 6.54 Å². The van der Waals surface area contributed by atoms with E-state index < -0.39 is 0 Å². The lowest BCUT2D eigenvalue weighted by atomic mass is 10.0. The molecular weight excluding hydrogens is 346 g/mol. The number of hydrogen-bond acceptors (Lipinski definition) is 5. The number of benzene rings is 1. The number of nitrogens with one attached hydrogen (secondary N) is 1. The van der Waals surface area contributed by atoms with Crippen LogP contribution in [0.4, 0.5) is 5.69 Å². The van der Waals surface area contributed by atoms with Crippen molar-refractivity contribution >= 4 is 22.9 Å². The fourth-order valence-corrected chi connectivity index (χ4v) is 4.47. The molecule has 138 valence electrons. The lowest BCUT2D eigenvalue weighted by molar-refractivity contribution is 0.0162. The molecule has 2 aliphatic rings. The van der Waals surface area contributed by atoms with Crippen molar-refractivity contribution in [3.63, 3.8) is 0 Å². The van der Waals surface area contributed by atoms with Crippen molar-refractivity contribution in [1.29, 1.82) is 0 Å². The zero-order valence-electron chi connectivity index (χ0n) is 15.1. The molecule has 2 aromatic rings. The lowest BCUT2D eigenvalue weighted by Gasteiger charge is -2.35. The lowest BCUT2D eigenvalue weighted by Crippen LogP contribution is -2.43. The number of hydrogen-bond donors (Lipinski definition) is 1. The maximum Gasteiger partial charge on any atom is 0.261 e. The summed E-state index contributed by atoms with van der Waals surface area (Å²) in [7, 11) is 2.15. The van der Waals surface area contributed by atoms with Gasteiger partial charge in [-0.1, -0.05) is 18.2 Å². The number of nitrogens with zero attached hydrogens (tertiary/aromatic N) is 2. The smallest absolute Gasteiger partial charge is 0.261 e. The summed E-state index contributed by atoms with van der Waals surface area (Å²) in [6, 6.07) is 10.7. The van der Waals surface area contributed by atoms with Crippen LogP contribution in [0.1, 0.15) is 26.8 Å². The molecule has 1 amide bonds. The highest BCUT2D eigenvalue weighted by Crippen LogP contribution is 2.31. The summed E-state index contributed by atoms with van der Waals surface area (Å²) in [5.74, 6) is 0.0131. The molecule has 0 saturated carbocycles. The molecule has 1 N–H and O–H groups in total. The van der Waals surface area contributed by atoms with Crippen LogP contribution in [0.5, 0.6) is 0 Å². The van der Waals surface area contributed by atoms with Crippen LogP contribution in [-0.4, -0.2) is 57.2 Å². The third kappa shape index (κ3) is 3.63. The molecule has 1 fully saturated rings. The molecule has 1 aromatic carbocycles. The Morgan fingerprint density at radius 2 is 2.12 bits per heavy atom. The minimum absolute atomic E-state index is 0.0131. The van der Waals surface area contributed by atoms with Crippen molar-refractivity contribution < 1.29 is 9.53 Å². The van der Waals surface area contributed by atoms with Crippen LogP contribution in [0.15, 0.2) is 35.7 Å². The molecule has 6 heteroatoms. The van der Waals surface area contributed by atoms with Crippen LogP contribution in [0.25, 0.3) is 0 Å². The van der Waals surface area contributed by atoms with Gasteiger partial charge in [-0.15, -0.1) is 11.3 Å². The Morgan fingerprint density at radius 3 is 2.88 bits per heavy atom. The third-order valence-corrected chi connectivity index (χ3v) is 6.17. The topological polar surface area (TPSA) is 44.8 Å². The number of amides is 1. The molecule has 3 heterocycles. The molecule has 1 aromatic heterocycles. The van der Waals surface area contributed by atoms with E-state index in [-0.39, 0.29) is 11.9 Å². The van der Waals surface area contributed by atoms with Gasteiger partial charge in [-0.25, -0.2) is 0 Å². The van der Waals surface area contributed by atoms with Crippen LogP contribution in [0, 0.1) is 0 Å². The van der Waals surface area contributed by atoms with Crippen molar-refractivity contribution in [2.75, 3.05) is 51.3 Å². The van der Waals surface area contributed by atoms with E-state index in [1.54, 1.807) is 0 Å². The molecule has 26 heavy (non-hydrogen) atoms. The molecule has 1 saturated heterocycles. The van der Waals surface area contributed by atoms with Gasteiger partial charge in [-0.2, -0.15) is 0 Å². The molecule has 0 spiro atoms. The van der Waals surface area contributed by atoms with Gasteiger partial charge in [-0.3, -0.25) is 9.69 Å². The van der Waals surface area contributed by atoms with E-state index in [1.807, 2.05) is 17.5 Å². The quantitative estimate of drug-likeness (QED) is 0.877. The highest BCUT2D eigenvalue weighted by atomic mass is 32.1. The fraction of sp³-hybridized carbons (Fsp3) is 0.450. The molecule has 0 bridgehead atoms. The van der Waals surface area contributed by atoms with Crippen molar-refractivity contribution in [2.24, 2.45) is 0 Å². The van der Waals surface area contributed by atoms with Gasteiger partial charge in [0.15, 0.2) is 0 Å². The van der Waals surface area contributed by atoms with Crippen molar-refractivity contribution in [3.05, 3.63) is 51.7 Å². The Morgan fingerprint density at radius 1 is 1.27 bits per heavy atom. The van der Waals surface area contributed by atoms with Crippen molar-refractivity contribution in [2.45, 2.75) is 12.5 Å². The summed E-state index contributed by atoms with van der Waals surface area (Å²) in [4.78, 5) is 17.9.